The SMILES string of the molecule is COc1cccc(COCC(=O)Nc2nnc(C)s2)c1. The number of amides is 1. The lowest BCUT2D eigenvalue weighted by Gasteiger charge is -2.05. The van der Waals surface area contributed by atoms with Gasteiger partial charge in [-0.3, -0.25) is 10.1 Å². The largest absolute Gasteiger partial charge is 0.497 e. The third-order valence-electron chi connectivity index (χ3n) is 2.41. The first-order chi connectivity index (χ1) is 9.67. The van der Waals surface area contributed by atoms with Gasteiger partial charge in [0.05, 0.1) is 13.7 Å². The Labute approximate surface area is 120 Å². The van der Waals surface area contributed by atoms with Gasteiger partial charge in [0.25, 0.3) is 5.91 Å². The van der Waals surface area contributed by atoms with Crippen molar-refractivity contribution >= 4 is 22.4 Å². The minimum Gasteiger partial charge on any atom is -0.497 e. The van der Waals surface area contributed by atoms with E-state index in [1.807, 2.05) is 31.2 Å². The Kier molecular flexibility index (Phi) is 5.03. The summed E-state index contributed by atoms with van der Waals surface area (Å²) in [4.78, 5) is 11.6. The standard InChI is InChI=1S/C13H15N3O3S/c1-9-15-16-13(20-9)14-12(17)8-19-7-10-4-3-5-11(6-10)18-2/h3-6H,7-8H2,1-2H3,(H,14,16,17). The summed E-state index contributed by atoms with van der Waals surface area (Å²) >= 11 is 1.32. The van der Waals surface area contributed by atoms with Crippen LogP contribution in [0.3, 0.4) is 0 Å². The molecule has 6 nitrogen and oxygen atoms in total. The van der Waals surface area contributed by atoms with E-state index < -0.39 is 0 Å². The van der Waals surface area contributed by atoms with Crippen LogP contribution in [0.5, 0.6) is 5.75 Å². The summed E-state index contributed by atoms with van der Waals surface area (Å²) in [6, 6.07) is 7.51. The number of anilines is 1. The van der Waals surface area contributed by atoms with Crippen molar-refractivity contribution in [3.63, 3.8) is 0 Å². The molecule has 0 aliphatic heterocycles. The molecule has 0 spiro atoms. The summed E-state index contributed by atoms with van der Waals surface area (Å²) < 4.78 is 10.5. The summed E-state index contributed by atoms with van der Waals surface area (Å²) in [5.74, 6) is 0.518. The number of aryl methyl sites for hydroxylation is 1. The number of carbonyl (C=O) groups is 1. The van der Waals surface area contributed by atoms with E-state index >= 15 is 0 Å². The summed E-state index contributed by atoms with van der Waals surface area (Å²) in [6.45, 7) is 2.14. The van der Waals surface area contributed by atoms with E-state index in [4.69, 9.17) is 9.47 Å². The fraction of sp³-hybridized carbons (Fsp3) is 0.308. The van der Waals surface area contributed by atoms with Gasteiger partial charge in [0.15, 0.2) is 0 Å². The number of carbonyl (C=O) groups excluding carboxylic acids is 1. The maximum Gasteiger partial charge on any atom is 0.252 e. The first-order valence-corrected chi connectivity index (χ1v) is 6.79. The molecule has 1 N–H and O–H groups in total. The molecule has 0 fully saturated rings. The molecule has 0 aliphatic carbocycles. The predicted octanol–water partition coefficient (Wildman–Crippen LogP) is 2.01. The predicted molar refractivity (Wildman–Crippen MR) is 75.9 cm³/mol. The molecule has 1 heterocycles. The summed E-state index contributed by atoms with van der Waals surface area (Å²) in [6.07, 6.45) is 0. The molecule has 1 aromatic carbocycles. The molecule has 0 radical (unpaired) electrons. The normalized spacial score (nSPS) is 10.3. The molecule has 20 heavy (non-hydrogen) atoms. The molecule has 106 valence electrons. The van der Waals surface area contributed by atoms with Crippen LogP contribution in [0.1, 0.15) is 10.6 Å². The number of nitrogens with zero attached hydrogens (tertiary/aromatic N) is 2. The zero-order chi connectivity index (χ0) is 14.4. The first kappa shape index (κ1) is 14.4. The van der Waals surface area contributed by atoms with Crippen molar-refractivity contribution in [1.29, 1.82) is 0 Å². The molecule has 0 saturated carbocycles. The number of aromatic nitrogens is 2. The lowest BCUT2D eigenvalue weighted by atomic mass is 10.2. The van der Waals surface area contributed by atoms with Crippen molar-refractivity contribution < 1.29 is 14.3 Å². The smallest absolute Gasteiger partial charge is 0.252 e. The number of hydrogen-bond acceptors (Lipinski definition) is 6. The number of benzene rings is 1. The maximum atomic E-state index is 11.6. The summed E-state index contributed by atoms with van der Waals surface area (Å²) in [5, 5.41) is 11.5. The molecule has 0 aliphatic rings. The highest BCUT2D eigenvalue weighted by Crippen LogP contribution is 2.14. The fourth-order valence-corrected chi connectivity index (χ4v) is 2.13. The number of methoxy groups -OCH3 is 1. The van der Waals surface area contributed by atoms with Crippen LogP contribution < -0.4 is 10.1 Å². The molecular weight excluding hydrogens is 278 g/mol. The highest BCUT2D eigenvalue weighted by atomic mass is 32.1. The molecule has 1 amide bonds. The first-order valence-electron chi connectivity index (χ1n) is 5.98. The van der Waals surface area contributed by atoms with E-state index in [-0.39, 0.29) is 12.5 Å². The monoisotopic (exact) mass is 293 g/mol. The Morgan fingerprint density at radius 3 is 2.95 bits per heavy atom. The Hall–Kier alpha value is -1.99. The maximum absolute atomic E-state index is 11.6. The second-order valence-corrected chi connectivity index (χ2v) is 5.20. The second kappa shape index (κ2) is 6.97. The van der Waals surface area contributed by atoms with E-state index in [9.17, 15) is 4.79 Å². The van der Waals surface area contributed by atoms with Crippen molar-refractivity contribution in [1.82, 2.24) is 10.2 Å². The summed E-state index contributed by atoms with van der Waals surface area (Å²) in [7, 11) is 1.61. The van der Waals surface area contributed by atoms with Gasteiger partial charge in [-0.1, -0.05) is 23.5 Å². The zero-order valence-corrected chi connectivity index (χ0v) is 12.1. The van der Waals surface area contributed by atoms with Crippen LogP contribution in [0.2, 0.25) is 0 Å². The van der Waals surface area contributed by atoms with Crippen LogP contribution in [0.25, 0.3) is 0 Å². The van der Waals surface area contributed by atoms with Crippen molar-refractivity contribution in [2.75, 3.05) is 19.0 Å². The third kappa shape index (κ3) is 4.29. The quantitative estimate of drug-likeness (QED) is 0.882. The van der Waals surface area contributed by atoms with Crippen LogP contribution in [-0.2, 0) is 16.1 Å². The Bertz CT molecular complexity index is 586. The van der Waals surface area contributed by atoms with E-state index in [0.717, 1.165) is 16.3 Å². The lowest BCUT2D eigenvalue weighted by Crippen LogP contribution is -2.18. The number of hydrogen-bond donors (Lipinski definition) is 1. The van der Waals surface area contributed by atoms with Crippen LogP contribution in [0, 0.1) is 6.92 Å². The minimum atomic E-state index is -0.246. The van der Waals surface area contributed by atoms with Gasteiger partial charge in [-0.05, 0) is 24.6 Å². The van der Waals surface area contributed by atoms with Crippen LogP contribution >= 0.6 is 11.3 Å². The molecule has 0 unspecified atom stereocenters. The van der Waals surface area contributed by atoms with Crippen molar-refractivity contribution in [3.05, 3.63) is 34.8 Å². The van der Waals surface area contributed by atoms with Crippen LogP contribution in [0.15, 0.2) is 24.3 Å². The highest BCUT2D eigenvalue weighted by Gasteiger charge is 2.06. The second-order valence-electron chi connectivity index (χ2n) is 4.02. The van der Waals surface area contributed by atoms with E-state index in [2.05, 4.69) is 15.5 Å². The van der Waals surface area contributed by atoms with Crippen LogP contribution in [-0.4, -0.2) is 29.8 Å². The average Bonchev–Trinajstić information content (AvgIpc) is 2.84. The molecule has 0 bridgehead atoms. The fourth-order valence-electron chi connectivity index (χ4n) is 1.53. The van der Waals surface area contributed by atoms with Gasteiger partial charge in [-0.2, -0.15) is 0 Å². The third-order valence-corrected chi connectivity index (χ3v) is 3.16. The van der Waals surface area contributed by atoms with Crippen molar-refractivity contribution in [2.45, 2.75) is 13.5 Å². The Morgan fingerprint density at radius 2 is 2.25 bits per heavy atom. The molecule has 0 saturated heterocycles. The number of nitrogens with one attached hydrogen (secondary N) is 1. The Morgan fingerprint density at radius 1 is 1.40 bits per heavy atom. The average molecular weight is 293 g/mol. The van der Waals surface area contributed by atoms with E-state index in [0.29, 0.717) is 11.7 Å². The van der Waals surface area contributed by atoms with Gasteiger partial charge in [0, 0.05) is 0 Å². The van der Waals surface area contributed by atoms with Gasteiger partial charge < -0.3 is 9.47 Å². The van der Waals surface area contributed by atoms with Gasteiger partial charge in [0.1, 0.15) is 17.4 Å². The highest BCUT2D eigenvalue weighted by molar-refractivity contribution is 7.15. The molecule has 2 rings (SSSR count). The van der Waals surface area contributed by atoms with Crippen LogP contribution in [0.4, 0.5) is 5.13 Å². The zero-order valence-electron chi connectivity index (χ0n) is 11.3. The van der Waals surface area contributed by atoms with Crippen molar-refractivity contribution in [3.8, 4) is 5.75 Å². The number of rotatable bonds is 6. The topological polar surface area (TPSA) is 73.3 Å². The van der Waals surface area contributed by atoms with Gasteiger partial charge in [-0.25, -0.2) is 0 Å². The summed E-state index contributed by atoms with van der Waals surface area (Å²) in [5.41, 5.74) is 0.948. The van der Waals surface area contributed by atoms with Crippen molar-refractivity contribution in [2.24, 2.45) is 0 Å². The van der Waals surface area contributed by atoms with E-state index in [1.54, 1.807) is 7.11 Å². The Balaban J connectivity index is 1.76. The van der Waals surface area contributed by atoms with Gasteiger partial charge >= 0.3 is 0 Å². The number of ether oxygens (including phenoxy) is 2. The van der Waals surface area contributed by atoms with E-state index in [1.165, 1.54) is 11.3 Å². The molecule has 7 heteroatoms. The molecule has 2 aromatic rings. The van der Waals surface area contributed by atoms with Gasteiger partial charge in [-0.15, -0.1) is 10.2 Å². The van der Waals surface area contributed by atoms with Gasteiger partial charge in [0.2, 0.25) is 5.13 Å². The minimum absolute atomic E-state index is 0.0319. The molecular formula is C13H15N3O3S. The lowest BCUT2D eigenvalue weighted by molar-refractivity contribution is -0.121. The molecule has 0 atom stereocenters. The molecule has 1 aromatic heterocycles.